The molecule has 240 valence electrons. The molecule has 0 fully saturated rings. The molecule has 13 heteroatoms. The minimum Gasteiger partial charge on any atom is -0.469 e. The van der Waals surface area contributed by atoms with Crippen LogP contribution in [0, 0.1) is 30.1 Å². The van der Waals surface area contributed by atoms with Crippen LogP contribution >= 0.6 is 54.1 Å². The lowest BCUT2D eigenvalue weighted by molar-refractivity contribution is -0.145. The number of carbonyl (C=O) groups excluding carboxylic acids is 2. The number of allylic oxidation sites excluding steroid dienone is 1. The van der Waals surface area contributed by atoms with Gasteiger partial charge in [0, 0.05) is 31.6 Å². The largest absolute Gasteiger partial charge is 0.469 e. The zero-order chi connectivity index (χ0) is 32.2. The van der Waals surface area contributed by atoms with Crippen LogP contribution in [0.2, 0.25) is 0 Å². The van der Waals surface area contributed by atoms with E-state index in [1.165, 1.54) is 12.7 Å². The molecular formula is C29H53N2O5P5S. The quantitative estimate of drug-likeness (QED) is 0.0880. The normalized spacial score (nSPS) is 17.8. The first kappa shape index (κ1) is 40.3. The first-order valence-electron chi connectivity index (χ1n) is 14.3. The number of ketones is 1. The number of nitrogens with two attached hydrogens (primary N) is 1. The van der Waals surface area contributed by atoms with Gasteiger partial charge < -0.3 is 19.5 Å². The molecule has 0 radical (unpaired) electrons. The Kier molecular flexibility index (Phi) is 18.9. The van der Waals surface area contributed by atoms with E-state index in [1.54, 1.807) is 11.3 Å². The highest BCUT2D eigenvalue weighted by Crippen LogP contribution is 2.55. The maximum Gasteiger partial charge on any atom is 0.305 e. The molecule has 0 amide bonds. The van der Waals surface area contributed by atoms with Crippen molar-refractivity contribution in [3.05, 3.63) is 33.3 Å². The number of esters is 1. The molecule has 2 N–H and O–H groups in total. The van der Waals surface area contributed by atoms with Crippen LogP contribution < -0.4 is 5.73 Å². The van der Waals surface area contributed by atoms with E-state index < -0.39 is 12.9 Å². The monoisotopic (exact) mass is 696 g/mol. The fourth-order valence-corrected chi connectivity index (χ4v) is 7.91. The van der Waals surface area contributed by atoms with Crippen LogP contribution in [0.4, 0.5) is 0 Å². The molecule has 1 aromatic rings. The SMILES string of the molecule is COC(=O)CC(C)C(C)(C)C(=O)C(C)C(OPP)C(C)CCC/C(C)=C\C(OP(P)P)C(N)/C(C)=C/c1csc(C)n1. The van der Waals surface area contributed by atoms with Gasteiger partial charge in [-0.25, -0.2) is 4.98 Å². The first-order chi connectivity index (χ1) is 19.5. The summed E-state index contributed by atoms with van der Waals surface area (Å²) < 4.78 is 17.2. The fourth-order valence-electron chi connectivity index (χ4n) is 4.96. The van der Waals surface area contributed by atoms with Crippen LogP contribution in [-0.4, -0.2) is 42.1 Å². The molecular weight excluding hydrogens is 643 g/mol. The number of Topliss-reactive ketones (excluding diaryl/α,β-unsaturated/α-hetero) is 1. The van der Waals surface area contributed by atoms with E-state index in [2.05, 4.69) is 51.7 Å². The number of aryl methyl sites for hydroxylation is 1. The van der Waals surface area contributed by atoms with Crippen molar-refractivity contribution in [2.24, 2.45) is 28.9 Å². The molecule has 1 aromatic heterocycles. The maximum atomic E-state index is 13.6. The lowest BCUT2D eigenvalue weighted by Gasteiger charge is -2.36. The van der Waals surface area contributed by atoms with Crippen LogP contribution in [0.3, 0.4) is 0 Å². The summed E-state index contributed by atoms with van der Waals surface area (Å²) in [6.07, 6.45) is 6.72. The fraction of sp³-hybridized carbons (Fsp3) is 0.690. The first-order valence-corrected chi connectivity index (χ1v) is 22.4. The summed E-state index contributed by atoms with van der Waals surface area (Å²) in [5, 5.41) is 3.06. The summed E-state index contributed by atoms with van der Waals surface area (Å²) in [5.41, 5.74) is 9.16. The lowest BCUT2D eigenvalue weighted by Crippen LogP contribution is -2.42. The lowest BCUT2D eigenvalue weighted by atomic mass is 9.69. The van der Waals surface area contributed by atoms with Gasteiger partial charge in [-0.05, 0) is 57.9 Å². The van der Waals surface area contributed by atoms with Crippen LogP contribution in [-0.2, 0) is 23.4 Å². The smallest absolute Gasteiger partial charge is 0.305 e. The van der Waals surface area contributed by atoms with Crippen LogP contribution in [0.5, 0.6) is 0 Å². The third kappa shape index (κ3) is 13.3. The van der Waals surface area contributed by atoms with Crippen molar-refractivity contribution in [3.8, 4) is 0 Å². The van der Waals surface area contributed by atoms with E-state index in [0.717, 1.165) is 35.5 Å². The van der Waals surface area contributed by atoms with E-state index in [4.69, 9.17) is 19.5 Å². The van der Waals surface area contributed by atoms with Gasteiger partial charge in [-0.1, -0.05) is 78.6 Å². The molecule has 42 heavy (non-hydrogen) atoms. The number of rotatable bonds is 19. The van der Waals surface area contributed by atoms with E-state index in [1.807, 2.05) is 53.0 Å². The minimum atomic E-state index is -0.761. The van der Waals surface area contributed by atoms with Crippen LogP contribution in [0.1, 0.15) is 84.9 Å². The van der Waals surface area contributed by atoms with Crippen molar-refractivity contribution in [3.63, 3.8) is 0 Å². The second kappa shape index (κ2) is 19.7. The predicted octanol–water partition coefficient (Wildman–Crippen LogP) is 8.50. The standard InChI is InChI=1S/C29H53N2O5P5S/c1-17(13-24(36-41(38)39)26(30)19(3)14-23-16-42-22(6)31-23)11-10-12-18(2)27(35-40-37)21(5)28(33)29(7,8)20(4)15-25(32)34-9/h13-14,16,18,20-21,24,26-27,40H,10-12,15,30,37-39H2,1-9H3/b17-13-,19-14+. The maximum absolute atomic E-state index is 13.6. The Bertz CT molecular complexity index is 1060. The molecule has 0 saturated carbocycles. The number of carbonyl (C=O) groups is 2. The Morgan fingerprint density at radius 2 is 1.88 bits per heavy atom. The molecule has 0 bridgehead atoms. The third-order valence-electron chi connectivity index (χ3n) is 8.05. The van der Waals surface area contributed by atoms with Crippen molar-refractivity contribution in [1.29, 1.82) is 0 Å². The third-order valence-corrected chi connectivity index (χ3v) is 10.9. The highest BCUT2D eigenvalue weighted by Gasteiger charge is 2.41. The highest BCUT2D eigenvalue weighted by molar-refractivity contribution is 8.41. The van der Waals surface area contributed by atoms with Gasteiger partial charge in [0.25, 0.3) is 0 Å². The van der Waals surface area contributed by atoms with Gasteiger partial charge in [0.05, 0.1) is 43.6 Å². The Labute approximate surface area is 268 Å². The second-order valence-corrected chi connectivity index (χ2v) is 19.8. The highest BCUT2D eigenvalue weighted by atomic mass is 32.4. The summed E-state index contributed by atoms with van der Waals surface area (Å²) in [5.74, 6) is -0.434. The molecule has 1 heterocycles. The molecule has 0 aliphatic rings. The molecule has 7 nitrogen and oxygen atoms in total. The second-order valence-electron chi connectivity index (χ2n) is 11.8. The number of nitrogens with zero attached hydrogens (tertiary/aromatic N) is 1. The molecule has 10 unspecified atom stereocenters. The number of hydrogen-bond donors (Lipinski definition) is 1. The number of methoxy groups -OCH3 is 1. The van der Waals surface area contributed by atoms with Crippen molar-refractivity contribution in [2.45, 2.75) is 99.3 Å². The number of hydrogen-bond acceptors (Lipinski definition) is 8. The van der Waals surface area contributed by atoms with Crippen molar-refractivity contribution in [2.75, 3.05) is 7.11 Å². The predicted molar refractivity (Wildman–Crippen MR) is 193 cm³/mol. The summed E-state index contributed by atoms with van der Waals surface area (Å²) in [6.45, 7) is 16.1. The molecule has 0 aliphatic heterocycles. The van der Waals surface area contributed by atoms with E-state index in [-0.39, 0.29) is 62.7 Å². The van der Waals surface area contributed by atoms with Gasteiger partial charge >= 0.3 is 5.97 Å². The van der Waals surface area contributed by atoms with Gasteiger partial charge in [-0.2, -0.15) is 0 Å². The van der Waals surface area contributed by atoms with Crippen LogP contribution in [0.25, 0.3) is 6.08 Å². The van der Waals surface area contributed by atoms with Gasteiger partial charge in [0.2, 0.25) is 0 Å². The van der Waals surface area contributed by atoms with Gasteiger partial charge in [0.15, 0.2) is 0 Å². The Hall–Kier alpha value is 0.280. The Balaban J connectivity index is 2.91. The Morgan fingerprint density at radius 3 is 2.40 bits per heavy atom. The molecule has 1 rings (SSSR count). The Morgan fingerprint density at radius 1 is 1.24 bits per heavy atom. The van der Waals surface area contributed by atoms with Crippen molar-refractivity contribution < 1.29 is 23.4 Å². The molecule has 10 atom stereocenters. The average molecular weight is 697 g/mol. The number of ether oxygens (including phenoxy) is 1. The number of thiazole rings is 1. The molecule has 0 aliphatic carbocycles. The average Bonchev–Trinajstić information content (AvgIpc) is 3.33. The summed E-state index contributed by atoms with van der Waals surface area (Å²) in [7, 11) is 8.89. The van der Waals surface area contributed by atoms with Crippen molar-refractivity contribution in [1.82, 2.24) is 4.98 Å². The summed E-state index contributed by atoms with van der Waals surface area (Å²) in [4.78, 5) is 30.0. The molecule has 0 saturated heterocycles. The summed E-state index contributed by atoms with van der Waals surface area (Å²) >= 11 is 1.62. The molecule has 0 aromatic carbocycles. The van der Waals surface area contributed by atoms with Gasteiger partial charge in [0.1, 0.15) is 5.78 Å². The zero-order valence-electron chi connectivity index (χ0n) is 26.7. The van der Waals surface area contributed by atoms with E-state index in [0.29, 0.717) is 0 Å². The minimum absolute atomic E-state index is 0.117. The number of aromatic nitrogens is 1. The van der Waals surface area contributed by atoms with Crippen molar-refractivity contribution >= 4 is 72.0 Å². The molecule has 0 spiro atoms. The topological polar surface area (TPSA) is 101 Å². The summed E-state index contributed by atoms with van der Waals surface area (Å²) in [6, 6.07) is -0.287. The van der Waals surface area contributed by atoms with E-state index >= 15 is 0 Å². The van der Waals surface area contributed by atoms with E-state index in [9.17, 15) is 9.59 Å². The van der Waals surface area contributed by atoms with Gasteiger partial charge in [-0.15, -0.1) is 11.3 Å². The van der Waals surface area contributed by atoms with Gasteiger partial charge in [-0.3, -0.25) is 9.59 Å². The zero-order valence-corrected chi connectivity index (χ0v) is 32.9. The van der Waals surface area contributed by atoms with Crippen LogP contribution in [0.15, 0.2) is 22.6 Å².